The van der Waals surface area contributed by atoms with Crippen LogP contribution in [-0.4, -0.2) is 10.2 Å². The molecule has 4 heteroatoms. The molecule has 2 unspecified atom stereocenters. The smallest absolute Gasteiger partial charge is 0.152 e. The maximum absolute atomic E-state index is 13.2. The molecule has 2 atom stereocenters. The molecular formula is C34H22Br2O2. The Bertz CT molecular complexity index is 1760. The van der Waals surface area contributed by atoms with Crippen molar-refractivity contribution in [3.63, 3.8) is 0 Å². The number of aliphatic hydroxyl groups is 2. The maximum Gasteiger partial charge on any atom is 0.152 e. The minimum Gasteiger partial charge on any atom is -0.377 e. The summed E-state index contributed by atoms with van der Waals surface area (Å²) in [5.41, 5.74) is 0.710. The lowest BCUT2D eigenvalue weighted by molar-refractivity contribution is -0.114. The zero-order chi connectivity index (χ0) is 26.1. The predicted octanol–water partition coefficient (Wildman–Crippen LogP) is 8.67. The van der Waals surface area contributed by atoms with Gasteiger partial charge in [0.2, 0.25) is 0 Å². The first kappa shape index (κ1) is 23.8. The van der Waals surface area contributed by atoms with Gasteiger partial charge in [0.15, 0.2) is 11.2 Å². The van der Waals surface area contributed by atoms with Crippen molar-refractivity contribution in [2.45, 2.75) is 11.2 Å². The van der Waals surface area contributed by atoms with Crippen LogP contribution < -0.4 is 0 Å². The molecule has 38 heavy (non-hydrogen) atoms. The van der Waals surface area contributed by atoms with Gasteiger partial charge >= 0.3 is 0 Å². The molecule has 0 aromatic heterocycles. The van der Waals surface area contributed by atoms with E-state index in [1.165, 1.54) is 0 Å². The number of rotatable bonds is 2. The molecule has 1 aliphatic rings. The van der Waals surface area contributed by atoms with Gasteiger partial charge in [0.1, 0.15) is 0 Å². The molecule has 0 heterocycles. The summed E-state index contributed by atoms with van der Waals surface area (Å²) >= 11 is 7.26. The Morgan fingerprint density at radius 2 is 0.816 bits per heavy atom. The fraction of sp³-hybridized carbons (Fsp3) is 0.0588. The first-order chi connectivity index (χ1) is 18.4. The Kier molecular flexibility index (Phi) is 5.40. The lowest BCUT2D eigenvalue weighted by Gasteiger charge is -2.49. The van der Waals surface area contributed by atoms with Crippen LogP contribution in [0.15, 0.2) is 130 Å². The van der Waals surface area contributed by atoms with E-state index in [-0.39, 0.29) is 0 Å². The average molecular weight is 622 g/mol. The summed E-state index contributed by atoms with van der Waals surface area (Å²) in [7, 11) is 0. The zero-order valence-electron chi connectivity index (χ0n) is 20.2. The van der Waals surface area contributed by atoms with E-state index in [2.05, 4.69) is 44.0 Å². The molecule has 0 spiro atoms. The summed E-state index contributed by atoms with van der Waals surface area (Å²) < 4.78 is 1.66. The first-order valence-corrected chi connectivity index (χ1v) is 14.0. The summed E-state index contributed by atoms with van der Waals surface area (Å²) in [6.45, 7) is 0. The molecule has 0 saturated carbocycles. The molecule has 2 nitrogen and oxygen atoms in total. The highest BCUT2D eigenvalue weighted by atomic mass is 79.9. The summed E-state index contributed by atoms with van der Waals surface area (Å²) in [5, 5.41) is 30.5. The van der Waals surface area contributed by atoms with Gasteiger partial charge in [-0.1, -0.05) is 117 Å². The quantitative estimate of drug-likeness (QED) is 0.203. The van der Waals surface area contributed by atoms with Crippen LogP contribution >= 0.6 is 31.9 Å². The van der Waals surface area contributed by atoms with E-state index in [0.717, 1.165) is 41.6 Å². The second kappa shape index (κ2) is 8.62. The molecule has 0 bridgehead atoms. The summed E-state index contributed by atoms with van der Waals surface area (Å²) in [5.74, 6) is 0. The van der Waals surface area contributed by atoms with Gasteiger partial charge in [-0.3, -0.25) is 0 Å². The third kappa shape index (κ3) is 3.31. The van der Waals surface area contributed by atoms with Crippen molar-refractivity contribution >= 4 is 53.4 Å². The molecule has 1 aliphatic carbocycles. The fourth-order valence-corrected chi connectivity index (χ4v) is 6.77. The standard InChI is InChI=1S/C34H22Br2O2/c35-27-13-15-29-30-16-14-28(36)20-32(30)34(38,26-12-10-22-6-2-4-8-24(22)18-26)33(37,31(29)19-27)25-11-9-21-5-1-3-7-23(21)17-25/h1-20,37-38H. The van der Waals surface area contributed by atoms with E-state index in [9.17, 15) is 10.2 Å². The third-order valence-electron chi connectivity index (χ3n) is 7.89. The van der Waals surface area contributed by atoms with Crippen LogP contribution in [0.25, 0.3) is 32.7 Å². The minimum atomic E-state index is -1.80. The molecule has 6 aromatic rings. The van der Waals surface area contributed by atoms with E-state index in [4.69, 9.17) is 0 Å². The van der Waals surface area contributed by atoms with Gasteiger partial charge in [0.05, 0.1) is 0 Å². The number of halogens is 2. The zero-order valence-corrected chi connectivity index (χ0v) is 23.4. The van der Waals surface area contributed by atoms with Gasteiger partial charge in [-0.2, -0.15) is 0 Å². The summed E-state index contributed by atoms with van der Waals surface area (Å²) in [6, 6.07) is 39.9. The van der Waals surface area contributed by atoms with Gasteiger partial charge in [-0.05, 0) is 80.2 Å². The minimum absolute atomic E-state index is 0.622. The predicted molar refractivity (Wildman–Crippen MR) is 161 cm³/mol. The van der Waals surface area contributed by atoms with Crippen molar-refractivity contribution < 1.29 is 10.2 Å². The van der Waals surface area contributed by atoms with Gasteiger partial charge in [-0.25, -0.2) is 0 Å². The Balaban J connectivity index is 1.64. The largest absolute Gasteiger partial charge is 0.377 e. The molecule has 0 radical (unpaired) electrons. The van der Waals surface area contributed by atoms with E-state index >= 15 is 0 Å². The van der Waals surface area contributed by atoms with Crippen LogP contribution in [-0.2, 0) is 11.2 Å². The molecule has 7 rings (SSSR count). The molecule has 2 N–H and O–H groups in total. The van der Waals surface area contributed by atoms with Crippen LogP contribution in [0.1, 0.15) is 22.3 Å². The molecule has 184 valence electrons. The number of benzene rings is 6. The molecule has 0 saturated heterocycles. The molecular weight excluding hydrogens is 600 g/mol. The fourth-order valence-electron chi connectivity index (χ4n) is 6.05. The van der Waals surface area contributed by atoms with Gasteiger partial charge in [-0.15, -0.1) is 0 Å². The average Bonchev–Trinajstić information content (AvgIpc) is 2.95. The van der Waals surface area contributed by atoms with Crippen molar-refractivity contribution in [2.75, 3.05) is 0 Å². The summed E-state index contributed by atoms with van der Waals surface area (Å²) in [6.07, 6.45) is 0. The maximum atomic E-state index is 13.2. The van der Waals surface area contributed by atoms with E-state index in [0.29, 0.717) is 22.3 Å². The van der Waals surface area contributed by atoms with E-state index in [1.807, 2.05) is 109 Å². The molecule has 6 aromatic carbocycles. The topological polar surface area (TPSA) is 40.5 Å². The van der Waals surface area contributed by atoms with Gasteiger partial charge in [0.25, 0.3) is 0 Å². The second-order valence-corrected chi connectivity index (χ2v) is 11.8. The number of hydrogen-bond donors (Lipinski definition) is 2. The Morgan fingerprint density at radius 3 is 1.24 bits per heavy atom. The van der Waals surface area contributed by atoms with Crippen molar-refractivity contribution in [1.82, 2.24) is 0 Å². The van der Waals surface area contributed by atoms with Crippen LogP contribution in [0.2, 0.25) is 0 Å². The lowest BCUT2D eigenvalue weighted by atomic mass is 9.60. The highest BCUT2D eigenvalue weighted by Crippen LogP contribution is 2.58. The van der Waals surface area contributed by atoms with Crippen LogP contribution in [0.5, 0.6) is 0 Å². The van der Waals surface area contributed by atoms with E-state index < -0.39 is 11.2 Å². The third-order valence-corrected chi connectivity index (χ3v) is 8.88. The Morgan fingerprint density at radius 1 is 0.421 bits per heavy atom. The normalized spacial score (nSPS) is 20.3. The Hall–Kier alpha value is -3.28. The van der Waals surface area contributed by atoms with Crippen LogP contribution in [0.3, 0.4) is 0 Å². The van der Waals surface area contributed by atoms with Crippen molar-refractivity contribution in [2.24, 2.45) is 0 Å². The second-order valence-electron chi connectivity index (χ2n) is 9.92. The monoisotopic (exact) mass is 620 g/mol. The van der Waals surface area contributed by atoms with Crippen LogP contribution in [0, 0.1) is 0 Å². The molecule has 0 amide bonds. The Labute approximate surface area is 237 Å². The number of fused-ring (bicyclic) bond motifs is 5. The van der Waals surface area contributed by atoms with E-state index in [1.54, 1.807) is 0 Å². The SMILES string of the molecule is OC1(c2ccc3ccccc3c2)c2cc(Br)ccc2-c2ccc(Br)cc2C1(O)c1ccc2ccccc2c1. The molecule has 0 fully saturated rings. The van der Waals surface area contributed by atoms with Crippen molar-refractivity contribution in [3.8, 4) is 11.1 Å². The first-order valence-electron chi connectivity index (χ1n) is 12.4. The van der Waals surface area contributed by atoms with Crippen molar-refractivity contribution in [3.05, 3.63) is 153 Å². The van der Waals surface area contributed by atoms with Crippen LogP contribution in [0.4, 0.5) is 0 Å². The number of hydrogen-bond acceptors (Lipinski definition) is 2. The van der Waals surface area contributed by atoms with Gasteiger partial charge in [0, 0.05) is 20.1 Å². The highest BCUT2D eigenvalue weighted by molar-refractivity contribution is 9.10. The summed E-state index contributed by atoms with van der Waals surface area (Å²) in [4.78, 5) is 0. The van der Waals surface area contributed by atoms with Gasteiger partial charge < -0.3 is 10.2 Å². The highest BCUT2D eigenvalue weighted by Gasteiger charge is 2.58. The molecule has 0 aliphatic heterocycles. The lowest BCUT2D eigenvalue weighted by Crippen LogP contribution is -2.53. The van der Waals surface area contributed by atoms with Crippen molar-refractivity contribution in [1.29, 1.82) is 0 Å².